The molecule has 0 unspecified atom stereocenters. The van der Waals surface area contributed by atoms with Gasteiger partial charge in [-0.2, -0.15) is 0 Å². The third-order valence-electron chi connectivity index (χ3n) is 5.16. The Morgan fingerprint density at radius 1 is 1.12 bits per heavy atom. The minimum Gasteiger partial charge on any atom is -0.317 e. The summed E-state index contributed by atoms with van der Waals surface area (Å²) in [5, 5.41) is 3.50. The first-order valence-corrected chi connectivity index (χ1v) is 8.81. The van der Waals surface area contributed by atoms with Crippen molar-refractivity contribution in [1.29, 1.82) is 0 Å². The molecule has 0 atom stereocenters. The number of rotatable bonds is 5. The van der Waals surface area contributed by atoms with E-state index in [1.54, 1.807) is 0 Å². The summed E-state index contributed by atoms with van der Waals surface area (Å²) in [5.74, 6) is 0. The first kappa shape index (κ1) is 17.1. The fourth-order valence-electron chi connectivity index (χ4n) is 3.73. The van der Waals surface area contributed by atoms with Crippen LogP contribution in [0.2, 0.25) is 0 Å². The summed E-state index contributed by atoms with van der Waals surface area (Å²) in [4.78, 5) is 11.4. The highest BCUT2D eigenvalue weighted by Crippen LogP contribution is 2.33. The van der Waals surface area contributed by atoms with Gasteiger partial charge in [0.15, 0.2) is 0 Å². The average molecular weight is 324 g/mol. The van der Waals surface area contributed by atoms with Crippen molar-refractivity contribution in [2.45, 2.75) is 38.6 Å². The third-order valence-corrected chi connectivity index (χ3v) is 5.16. The number of likely N-dealkylation sites (N-methyl/N-ethyl adjacent to an activating group) is 1. The standard InChI is InChI=1S/C20H28N4/c1-16-4-5-19(23-12-16)20(7-10-21-11-8-20)15-24(3)14-18-6-9-22-13-17(18)2/h4-6,9,12-13,21H,7-8,10-11,14-15H2,1-3H3. The lowest BCUT2D eigenvalue weighted by Crippen LogP contribution is -2.47. The van der Waals surface area contributed by atoms with Crippen molar-refractivity contribution >= 4 is 0 Å². The number of aryl methyl sites for hydroxylation is 2. The van der Waals surface area contributed by atoms with Crippen molar-refractivity contribution in [1.82, 2.24) is 20.2 Å². The van der Waals surface area contributed by atoms with Crippen LogP contribution < -0.4 is 5.32 Å². The lowest BCUT2D eigenvalue weighted by molar-refractivity contribution is 0.191. The number of nitrogens with zero attached hydrogens (tertiary/aromatic N) is 3. The molecule has 4 heteroatoms. The second-order valence-corrected chi connectivity index (χ2v) is 7.23. The highest BCUT2D eigenvalue weighted by Gasteiger charge is 2.36. The average Bonchev–Trinajstić information content (AvgIpc) is 2.58. The van der Waals surface area contributed by atoms with E-state index in [-0.39, 0.29) is 5.41 Å². The SMILES string of the molecule is Cc1ccc(C2(CN(C)Cc3ccncc3C)CCNCC2)nc1. The number of hydrogen-bond acceptors (Lipinski definition) is 4. The minimum atomic E-state index is 0.147. The van der Waals surface area contributed by atoms with Crippen LogP contribution in [0.1, 0.15) is 35.2 Å². The van der Waals surface area contributed by atoms with E-state index in [9.17, 15) is 0 Å². The van der Waals surface area contributed by atoms with Gasteiger partial charge in [0, 0.05) is 42.8 Å². The first-order valence-electron chi connectivity index (χ1n) is 8.81. The van der Waals surface area contributed by atoms with Gasteiger partial charge >= 0.3 is 0 Å². The van der Waals surface area contributed by atoms with Crippen molar-refractivity contribution < 1.29 is 0 Å². The van der Waals surface area contributed by atoms with E-state index in [0.29, 0.717) is 0 Å². The van der Waals surface area contributed by atoms with Crippen molar-refractivity contribution in [2.24, 2.45) is 0 Å². The Labute approximate surface area is 145 Å². The van der Waals surface area contributed by atoms with E-state index in [2.05, 4.69) is 54.3 Å². The molecule has 24 heavy (non-hydrogen) atoms. The lowest BCUT2D eigenvalue weighted by Gasteiger charge is -2.40. The van der Waals surface area contributed by atoms with Crippen LogP contribution in [0.15, 0.2) is 36.8 Å². The quantitative estimate of drug-likeness (QED) is 0.918. The predicted octanol–water partition coefficient (Wildman–Crippen LogP) is 2.85. The largest absolute Gasteiger partial charge is 0.317 e. The zero-order chi connectivity index (χ0) is 17.0. The number of hydrogen-bond donors (Lipinski definition) is 1. The number of piperidine rings is 1. The van der Waals surface area contributed by atoms with Gasteiger partial charge in [0.2, 0.25) is 0 Å². The molecule has 1 N–H and O–H groups in total. The molecule has 0 spiro atoms. The van der Waals surface area contributed by atoms with Gasteiger partial charge in [0.05, 0.1) is 0 Å². The van der Waals surface area contributed by atoms with Crippen molar-refractivity contribution in [3.8, 4) is 0 Å². The molecule has 1 fully saturated rings. The fourth-order valence-corrected chi connectivity index (χ4v) is 3.73. The molecule has 1 aliphatic heterocycles. The van der Waals surface area contributed by atoms with Crippen LogP contribution in [0, 0.1) is 13.8 Å². The molecule has 3 heterocycles. The van der Waals surface area contributed by atoms with Crippen LogP contribution in [-0.2, 0) is 12.0 Å². The Balaban J connectivity index is 1.79. The van der Waals surface area contributed by atoms with Gasteiger partial charge < -0.3 is 10.2 Å². The zero-order valence-corrected chi connectivity index (χ0v) is 15.0. The Kier molecular flexibility index (Phi) is 5.27. The van der Waals surface area contributed by atoms with E-state index < -0.39 is 0 Å². The molecular weight excluding hydrogens is 296 g/mol. The van der Waals surface area contributed by atoms with Crippen LogP contribution in [0.3, 0.4) is 0 Å². The van der Waals surface area contributed by atoms with Crippen LogP contribution >= 0.6 is 0 Å². The number of aromatic nitrogens is 2. The Bertz CT molecular complexity index is 660. The predicted molar refractivity (Wildman–Crippen MR) is 98.1 cm³/mol. The summed E-state index contributed by atoms with van der Waals surface area (Å²) in [6.07, 6.45) is 8.13. The Hall–Kier alpha value is -1.78. The van der Waals surface area contributed by atoms with E-state index in [1.807, 2.05) is 18.6 Å². The summed E-state index contributed by atoms with van der Waals surface area (Å²) >= 11 is 0. The highest BCUT2D eigenvalue weighted by molar-refractivity contribution is 5.24. The van der Waals surface area contributed by atoms with Gasteiger partial charge in [-0.15, -0.1) is 0 Å². The molecule has 0 radical (unpaired) electrons. The van der Waals surface area contributed by atoms with Gasteiger partial charge in [0.25, 0.3) is 0 Å². The molecular formula is C20H28N4. The smallest absolute Gasteiger partial charge is 0.0479 e. The number of nitrogens with one attached hydrogen (secondary N) is 1. The minimum absolute atomic E-state index is 0.147. The summed E-state index contributed by atoms with van der Waals surface area (Å²) in [7, 11) is 2.22. The molecule has 0 bridgehead atoms. The highest BCUT2D eigenvalue weighted by atomic mass is 15.1. The lowest BCUT2D eigenvalue weighted by atomic mass is 9.75. The molecule has 0 aliphatic carbocycles. The molecule has 0 saturated carbocycles. The zero-order valence-electron chi connectivity index (χ0n) is 15.0. The van der Waals surface area contributed by atoms with Crippen molar-refractivity contribution in [2.75, 3.05) is 26.7 Å². The Morgan fingerprint density at radius 3 is 2.58 bits per heavy atom. The molecule has 2 aromatic heterocycles. The third kappa shape index (κ3) is 3.82. The number of pyridine rings is 2. The van der Waals surface area contributed by atoms with Crippen LogP contribution in [0.5, 0.6) is 0 Å². The summed E-state index contributed by atoms with van der Waals surface area (Å²) < 4.78 is 0. The normalized spacial score (nSPS) is 17.2. The monoisotopic (exact) mass is 324 g/mol. The maximum Gasteiger partial charge on any atom is 0.0479 e. The molecule has 0 aromatic carbocycles. The van der Waals surface area contributed by atoms with Gasteiger partial charge in [-0.3, -0.25) is 9.97 Å². The Morgan fingerprint density at radius 2 is 1.92 bits per heavy atom. The second-order valence-electron chi connectivity index (χ2n) is 7.23. The maximum absolute atomic E-state index is 4.79. The molecule has 2 aromatic rings. The molecule has 4 nitrogen and oxygen atoms in total. The van der Waals surface area contributed by atoms with Crippen LogP contribution in [0.4, 0.5) is 0 Å². The van der Waals surface area contributed by atoms with Crippen molar-refractivity contribution in [3.05, 3.63) is 59.2 Å². The van der Waals surface area contributed by atoms with E-state index in [0.717, 1.165) is 39.0 Å². The van der Waals surface area contributed by atoms with Gasteiger partial charge in [-0.05, 0) is 75.6 Å². The van der Waals surface area contributed by atoms with Gasteiger partial charge in [-0.25, -0.2) is 0 Å². The second kappa shape index (κ2) is 7.41. The van der Waals surface area contributed by atoms with E-state index >= 15 is 0 Å². The van der Waals surface area contributed by atoms with Crippen LogP contribution in [0.25, 0.3) is 0 Å². The van der Waals surface area contributed by atoms with Gasteiger partial charge in [0.1, 0.15) is 0 Å². The van der Waals surface area contributed by atoms with E-state index in [4.69, 9.17) is 4.98 Å². The maximum atomic E-state index is 4.79. The van der Waals surface area contributed by atoms with Crippen LogP contribution in [-0.4, -0.2) is 41.5 Å². The molecule has 128 valence electrons. The first-order chi connectivity index (χ1) is 11.6. The summed E-state index contributed by atoms with van der Waals surface area (Å²) in [6, 6.07) is 6.55. The fraction of sp³-hybridized carbons (Fsp3) is 0.500. The molecule has 0 amide bonds. The van der Waals surface area contributed by atoms with Gasteiger partial charge in [-0.1, -0.05) is 6.07 Å². The van der Waals surface area contributed by atoms with E-state index in [1.165, 1.54) is 22.4 Å². The molecule has 1 saturated heterocycles. The topological polar surface area (TPSA) is 41.1 Å². The summed E-state index contributed by atoms with van der Waals surface area (Å²) in [5.41, 5.74) is 5.23. The summed E-state index contributed by atoms with van der Waals surface area (Å²) in [6.45, 7) is 8.36. The molecule has 1 aliphatic rings. The van der Waals surface area contributed by atoms with Crippen molar-refractivity contribution in [3.63, 3.8) is 0 Å². The molecule has 3 rings (SSSR count).